The zero-order chi connectivity index (χ0) is 31.8. The maximum atomic E-state index is 14.1. The number of hydrogen-bond donors (Lipinski definition) is 7. The minimum atomic E-state index is -1.68. The van der Waals surface area contributed by atoms with Crippen LogP contribution >= 0.6 is 0 Å². The summed E-state index contributed by atoms with van der Waals surface area (Å²) < 4.78 is 22.9. The van der Waals surface area contributed by atoms with E-state index >= 15 is 0 Å². The van der Waals surface area contributed by atoms with E-state index in [1.54, 1.807) is 19.1 Å². The second-order valence-corrected chi connectivity index (χ2v) is 11.4. The van der Waals surface area contributed by atoms with Crippen LogP contribution in [0.5, 0.6) is 17.2 Å². The first-order valence-electron chi connectivity index (χ1n) is 14.1. The molecule has 0 radical (unpaired) electrons. The third kappa shape index (κ3) is 4.73. The van der Waals surface area contributed by atoms with Crippen molar-refractivity contribution < 1.29 is 64.3 Å². The van der Waals surface area contributed by atoms with E-state index in [9.17, 15) is 45.3 Å². The van der Waals surface area contributed by atoms with Crippen LogP contribution < -0.4 is 9.47 Å². The highest BCUT2D eigenvalue weighted by Gasteiger charge is 2.46. The Bertz CT molecular complexity index is 1650. The Labute approximate surface area is 250 Å². The number of aryl methyl sites for hydroxylation is 1. The maximum Gasteiger partial charge on any atom is 0.229 e. The number of carbonyl (C=O) groups excluding carboxylic acids is 2. The lowest BCUT2D eigenvalue weighted by atomic mass is 9.80. The molecule has 2 fully saturated rings. The number of aliphatic hydroxyl groups excluding tert-OH is 6. The highest BCUT2D eigenvalue weighted by molar-refractivity contribution is 6.34. The summed E-state index contributed by atoms with van der Waals surface area (Å²) in [6.45, 7) is 4.68. The van der Waals surface area contributed by atoms with Crippen LogP contribution in [-0.4, -0.2) is 109 Å². The zero-order valence-corrected chi connectivity index (χ0v) is 23.8. The Hall–Kier alpha value is -3.66. The van der Waals surface area contributed by atoms with Crippen LogP contribution in [0.3, 0.4) is 0 Å². The predicted octanol–water partition coefficient (Wildman–Crippen LogP) is 0.0418. The number of aliphatic hydroxyl groups is 6. The second kappa shape index (κ2) is 11.1. The Kier molecular flexibility index (Phi) is 7.63. The summed E-state index contributed by atoms with van der Waals surface area (Å²) >= 11 is 0. The fraction of sp³-hybridized carbons (Fsp3) is 0.419. The van der Waals surface area contributed by atoms with Gasteiger partial charge in [0.05, 0.1) is 23.3 Å². The molecule has 0 aromatic heterocycles. The van der Waals surface area contributed by atoms with Crippen molar-refractivity contribution in [2.24, 2.45) is 0 Å². The molecule has 3 aromatic carbocycles. The molecule has 6 rings (SSSR count). The molecule has 2 heterocycles. The summed E-state index contributed by atoms with van der Waals surface area (Å²) in [6.07, 6.45) is -14.0. The molecule has 10 unspecified atom stereocenters. The summed E-state index contributed by atoms with van der Waals surface area (Å²) in [4.78, 5) is 28.2. The number of aromatic hydroxyl groups is 1. The topological polar surface area (TPSA) is 213 Å². The van der Waals surface area contributed by atoms with Gasteiger partial charge in [-0.25, -0.2) is 0 Å². The Balaban J connectivity index is 1.45. The number of ether oxygens (including phenoxy) is 4. The Morgan fingerprint density at radius 1 is 0.659 bits per heavy atom. The third-order valence-corrected chi connectivity index (χ3v) is 8.38. The van der Waals surface area contributed by atoms with Crippen molar-refractivity contribution >= 4 is 22.3 Å². The first-order chi connectivity index (χ1) is 20.8. The number of phenolic OH excluding ortho intramolecular Hbond substituents is 1. The van der Waals surface area contributed by atoms with Crippen molar-refractivity contribution in [1.82, 2.24) is 0 Å². The standard InChI is InChI=1S/C31H32O13/c1-10-7-13-9-15(32)20-21(18(13)17(8-10)44-31-29(40)27(38)23(34)12(3)42-31)24(35)14-5-4-6-16(19(14)25(20)36)43-30-28(39)26(37)22(33)11(2)41-30/h4-9,11-12,22-23,26-34,37-40H,1-3H3. The van der Waals surface area contributed by atoms with Gasteiger partial charge >= 0.3 is 0 Å². The maximum absolute atomic E-state index is 14.1. The van der Waals surface area contributed by atoms with E-state index in [-0.39, 0.29) is 39.1 Å². The largest absolute Gasteiger partial charge is 0.507 e. The van der Waals surface area contributed by atoms with Crippen LogP contribution in [-0.2, 0) is 9.47 Å². The predicted molar refractivity (Wildman–Crippen MR) is 150 cm³/mol. The lowest BCUT2D eigenvalue weighted by molar-refractivity contribution is -0.268. The number of hydrogen-bond acceptors (Lipinski definition) is 13. The van der Waals surface area contributed by atoms with Gasteiger partial charge in [-0.15, -0.1) is 0 Å². The van der Waals surface area contributed by atoms with Crippen LogP contribution in [0.15, 0.2) is 36.4 Å². The summed E-state index contributed by atoms with van der Waals surface area (Å²) in [5, 5.41) is 73.2. The molecule has 234 valence electrons. The molecule has 2 aliphatic heterocycles. The van der Waals surface area contributed by atoms with E-state index in [2.05, 4.69) is 0 Å². The van der Waals surface area contributed by atoms with Crippen LogP contribution in [0.4, 0.5) is 0 Å². The summed E-state index contributed by atoms with van der Waals surface area (Å²) in [6, 6.07) is 8.71. The van der Waals surface area contributed by atoms with Gasteiger partial charge in [-0.3, -0.25) is 9.59 Å². The van der Waals surface area contributed by atoms with Crippen LogP contribution in [0, 0.1) is 6.92 Å². The molecule has 1 aliphatic carbocycles. The van der Waals surface area contributed by atoms with Crippen LogP contribution in [0.2, 0.25) is 0 Å². The van der Waals surface area contributed by atoms with E-state index in [1.807, 2.05) is 0 Å². The molecule has 3 aliphatic rings. The van der Waals surface area contributed by atoms with Gasteiger partial charge in [0.1, 0.15) is 53.9 Å². The smallest absolute Gasteiger partial charge is 0.229 e. The number of fused-ring (bicyclic) bond motifs is 4. The van der Waals surface area contributed by atoms with Gasteiger partial charge < -0.3 is 54.7 Å². The number of phenols is 1. The van der Waals surface area contributed by atoms with Crippen molar-refractivity contribution in [2.45, 2.75) is 82.2 Å². The zero-order valence-electron chi connectivity index (χ0n) is 23.8. The lowest BCUT2D eigenvalue weighted by Gasteiger charge is -2.39. The summed E-state index contributed by atoms with van der Waals surface area (Å²) in [5.74, 6) is -2.08. The molecule has 13 nitrogen and oxygen atoms in total. The third-order valence-electron chi connectivity index (χ3n) is 8.38. The molecule has 44 heavy (non-hydrogen) atoms. The molecule has 13 heteroatoms. The van der Waals surface area contributed by atoms with Crippen molar-refractivity contribution in [2.75, 3.05) is 0 Å². The van der Waals surface area contributed by atoms with E-state index in [0.29, 0.717) is 10.9 Å². The first-order valence-corrected chi connectivity index (χ1v) is 14.1. The molecule has 0 saturated carbocycles. The molecule has 0 spiro atoms. The highest BCUT2D eigenvalue weighted by Crippen LogP contribution is 2.44. The Morgan fingerprint density at radius 2 is 1.23 bits per heavy atom. The second-order valence-electron chi connectivity index (χ2n) is 11.4. The highest BCUT2D eigenvalue weighted by atomic mass is 16.7. The molecular weight excluding hydrogens is 580 g/mol. The van der Waals surface area contributed by atoms with Gasteiger partial charge in [0, 0.05) is 16.5 Å². The first kappa shape index (κ1) is 30.4. The lowest BCUT2D eigenvalue weighted by Crippen LogP contribution is -2.58. The van der Waals surface area contributed by atoms with Gasteiger partial charge in [-0.05, 0) is 49.9 Å². The summed E-state index contributed by atoms with van der Waals surface area (Å²) in [7, 11) is 0. The van der Waals surface area contributed by atoms with Gasteiger partial charge in [0.25, 0.3) is 0 Å². The van der Waals surface area contributed by atoms with Gasteiger partial charge in [0.2, 0.25) is 18.4 Å². The average molecular weight is 613 g/mol. The van der Waals surface area contributed by atoms with Crippen molar-refractivity contribution in [3.8, 4) is 17.2 Å². The number of carbonyl (C=O) groups is 2. The van der Waals surface area contributed by atoms with Gasteiger partial charge in [0.15, 0.2) is 5.78 Å². The average Bonchev–Trinajstić information content (AvgIpc) is 2.98. The summed E-state index contributed by atoms with van der Waals surface area (Å²) in [5.41, 5.74) is -0.176. The van der Waals surface area contributed by atoms with Crippen LogP contribution in [0.1, 0.15) is 51.3 Å². The number of rotatable bonds is 4. The van der Waals surface area contributed by atoms with E-state index < -0.39 is 78.7 Å². The quantitative estimate of drug-likeness (QED) is 0.162. The normalized spacial score (nSPS) is 33.6. The van der Waals surface area contributed by atoms with Gasteiger partial charge in [-0.1, -0.05) is 18.2 Å². The molecule has 0 bridgehead atoms. The molecular formula is C31H32O13. The van der Waals surface area contributed by atoms with Crippen molar-refractivity contribution in [3.63, 3.8) is 0 Å². The van der Waals surface area contributed by atoms with E-state index in [1.165, 1.54) is 38.1 Å². The molecule has 0 amide bonds. The monoisotopic (exact) mass is 612 g/mol. The fourth-order valence-electron chi connectivity index (χ4n) is 5.97. The van der Waals surface area contributed by atoms with E-state index in [4.69, 9.17) is 18.9 Å². The fourth-order valence-corrected chi connectivity index (χ4v) is 5.97. The van der Waals surface area contributed by atoms with Crippen molar-refractivity contribution in [1.29, 1.82) is 0 Å². The molecule has 7 N–H and O–H groups in total. The van der Waals surface area contributed by atoms with Crippen LogP contribution in [0.25, 0.3) is 10.8 Å². The molecule has 3 aromatic rings. The number of ketones is 2. The molecule has 2 saturated heterocycles. The number of benzene rings is 3. The minimum Gasteiger partial charge on any atom is -0.507 e. The van der Waals surface area contributed by atoms with E-state index in [0.717, 1.165) is 0 Å². The van der Waals surface area contributed by atoms with Gasteiger partial charge in [-0.2, -0.15) is 0 Å². The Morgan fingerprint density at radius 3 is 1.82 bits per heavy atom. The molecule has 10 atom stereocenters. The van der Waals surface area contributed by atoms with Crippen molar-refractivity contribution in [3.05, 3.63) is 64.2 Å². The minimum absolute atomic E-state index is 0.0216. The SMILES string of the molecule is Cc1cc(OC2OC(C)C(O)C(O)C2O)c2c3c(c(O)cc2c1)C(=O)c1c(OC2OC(C)C(O)C(O)C2O)cccc1C3=O.